The minimum Gasteiger partial charge on any atom is -0.481 e. The molecule has 1 saturated carbocycles. The van der Waals surface area contributed by atoms with Crippen LogP contribution in [0.5, 0.6) is 0 Å². The van der Waals surface area contributed by atoms with Gasteiger partial charge in [-0.3, -0.25) is 9.59 Å². The molecule has 2 fully saturated rings. The minimum absolute atomic E-state index is 0.0437. The maximum Gasteiger partial charge on any atom is 0.308 e. The topological polar surface area (TPSA) is 104 Å². The highest BCUT2D eigenvalue weighted by molar-refractivity contribution is 7.89. The monoisotopic (exact) mass is 380 g/mol. The Kier molecular flexibility index (Phi) is 5.62. The highest BCUT2D eigenvalue weighted by atomic mass is 32.2. The van der Waals surface area contributed by atoms with Crippen molar-refractivity contribution in [2.24, 2.45) is 5.92 Å². The molecule has 8 heteroatoms. The average molecular weight is 380 g/mol. The Morgan fingerprint density at radius 2 is 1.85 bits per heavy atom. The fraction of sp³-hybridized carbons (Fsp3) is 0.556. The van der Waals surface area contributed by atoms with E-state index in [-0.39, 0.29) is 29.0 Å². The molecular formula is C18H24N2O5S. The van der Waals surface area contributed by atoms with Crippen LogP contribution in [-0.2, 0) is 14.8 Å². The lowest BCUT2D eigenvalue weighted by atomic mass is 9.97. The molecule has 0 spiro atoms. The number of piperidine rings is 1. The van der Waals surface area contributed by atoms with Crippen LogP contribution in [0.25, 0.3) is 0 Å². The van der Waals surface area contributed by atoms with Crippen LogP contribution in [0.3, 0.4) is 0 Å². The number of aliphatic carboxylic acids is 1. The fourth-order valence-corrected chi connectivity index (χ4v) is 5.02. The van der Waals surface area contributed by atoms with Crippen LogP contribution in [-0.4, -0.2) is 49.4 Å². The number of carboxylic acid groups (broad SMARTS) is 1. The summed E-state index contributed by atoms with van der Waals surface area (Å²) in [5.41, 5.74) is 0.269. The van der Waals surface area contributed by atoms with E-state index in [1.165, 1.54) is 17.0 Å². The number of rotatable bonds is 5. The van der Waals surface area contributed by atoms with Gasteiger partial charge in [0.2, 0.25) is 10.0 Å². The third-order valence-corrected chi connectivity index (χ3v) is 6.64. The zero-order chi connectivity index (χ0) is 18.7. The van der Waals surface area contributed by atoms with Gasteiger partial charge in [-0.2, -0.15) is 0 Å². The summed E-state index contributed by atoms with van der Waals surface area (Å²) in [6.07, 6.45) is 4.89. The number of carbonyl (C=O) groups excluding carboxylic acids is 1. The molecule has 1 aromatic carbocycles. The summed E-state index contributed by atoms with van der Waals surface area (Å²) in [4.78, 5) is 25.5. The lowest BCUT2D eigenvalue weighted by Gasteiger charge is -2.30. The first-order valence-corrected chi connectivity index (χ1v) is 10.5. The molecule has 2 aliphatic rings. The van der Waals surface area contributed by atoms with Gasteiger partial charge >= 0.3 is 5.97 Å². The third-order valence-electron chi connectivity index (χ3n) is 5.13. The number of carboxylic acids is 1. The van der Waals surface area contributed by atoms with Gasteiger partial charge in [0.25, 0.3) is 5.91 Å². The maximum absolute atomic E-state index is 12.7. The van der Waals surface area contributed by atoms with Crippen molar-refractivity contribution in [3.8, 4) is 0 Å². The Bertz CT molecular complexity index is 787. The molecule has 2 N–H and O–H groups in total. The molecule has 1 aliphatic heterocycles. The molecule has 7 nitrogen and oxygen atoms in total. The molecule has 0 radical (unpaired) electrons. The molecule has 1 unspecified atom stereocenters. The smallest absolute Gasteiger partial charge is 0.308 e. The van der Waals surface area contributed by atoms with Crippen LogP contribution in [0.1, 0.15) is 48.9 Å². The molecule has 1 heterocycles. The molecule has 142 valence electrons. The summed E-state index contributed by atoms with van der Waals surface area (Å²) in [7, 11) is -3.67. The van der Waals surface area contributed by atoms with Crippen molar-refractivity contribution >= 4 is 21.9 Å². The molecule has 0 aromatic heterocycles. The van der Waals surface area contributed by atoms with E-state index in [9.17, 15) is 18.0 Å². The number of hydrogen-bond acceptors (Lipinski definition) is 4. The van der Waals surface area contributed by atoms with E-state index in [1.807, 2.05) is 0 Å². The summed E-state index contributed by atoms with van der Waals surface area (Å²) >= 11 is 0. The van der Waals surface area contributed by atoms with Crippen molar-refractivity contribution in [3.63, 3.8) is 0 Å². The lowest BCUT2D eigenvalue weighted by Crippen LogP contribution is -2.42. The summed E-state index contributed by atoms with van der Waals surface area (Å²) in [5, 5.41) is 9.17. The first-order valence-electron chi connectivity index (χ1n) is 9.01. The summed E-state index contributed by atoms with van der Waals surface area (Å²) in [5.74, 6) is -1.79. The highest BCUT2D eigenvalue weighted by Gasteiger charge is 2.29. The summed E-state index contributed by atoms with van der Waals surface area (Å²) in [6, 6.07) is 5.93. The number of benzene rings is 1. The molecule has 1 atom stereocenters. The number of amides is 1. The Morgan fingerprint density at radius 1 is 1.12 bits per heavy atom. The van der Waals surface area contributed by atoms with Crippen LogP contribution in [0.4, 0.5) is 0 Å². The van der Waals surface area contributed by atoms with Gasteiger partial charge in [-0.05, 0) is 43.9 Å². The number of nitrogens with one attached hydrogen (secondary N) is 1. The van der Waals surface area contributed by atoms with E-state index < -0.39 is 21.9 Å². The summed E-state index contributed by atoms with van der Waals surface area (Å²) in [6.45, 7) is 0.644. The number of likely N-dealkylation sites (tertiary alicyclic amines) is 1. The van der Waals surface area contributed by atoms with Crippen LogP contribution < -0.4 is 4.72 Å². The number of nitrogens with zero attached hydrogens (tertiary/aromatic N) is 1. The molecule has 1 aromatic rings. The van der Waals surface area contributed by atoms with Crippen molar-refractivity contribution < 1.29 is 23.1 Å². The van der Waals surface area contributed by atoms with Gasteiger partial charge in [-0.15, -0.1) is 0 Å². The van der Waals surface area contributed by atoms with Crippen molar-refractivity contribution in [3.05, 3.63) is 29.8 Å². The van der Waals surface area contributed by atoms with Crippen molar-refractivity contribution in [1.29, 1.82) is 0 Å². The van der Waals surface area contributed by atoms with E-state index in [2.05, 4.69) is 4.72 Å². The zero-order valence-corrected chi connectivity index (χ0v) is 15.4. The summed E-state index contributed by atoms with van der Waals surface area (Å²) < 4.78 is 27.8. The predicted molar refractivity (Wildman–Crippen MR) is 95.3 cm³/mol. The Hall–Kier alpha value is -1.93. The minimum atomic E-state index is -3.67. The van der Waals surface area contributed by atoms with E-state index in [0.29, 0.717) is 19.4 Å². The molecule has 1 saturated heterocycles. The van der Waals surface area contributed by atoms with Crippen molar-refractivity contribution in [2.45, 2.75) is 49.5 Å². The van der Waals surface area contributed by atoms with Gasteiger partial charge in [0.1, 0.15) is 0 Å². The number of sulfonamides is 1. The van der Waals surface area contributed by atoms with Gasteiger partial charge in [0.15, 0.2) is 0 Å². The zero-order valence-electron chi connectivity index (χ0n) is 14.6. The van der Waals surface area contributed by atoms with Gasteiger partial charge < -0.3 is 10.0 Å². The Balaban J connectivity index is 1.75. The number of hydrogen-bond donors (Lipinski definition) is 2. The van der Waals surface area contributed by atoms with E-state index in [4.69, 9.17) is 5.11 Å². The molecule has 0 bridgehead atoms. The largest absolute Gasteiger partial charge is 0.481 e. The van der Waals surface area contributed by atoms with Crippen LogP contribution in [0.15, 0.2) is 29.2 Å². The van der Waals surface area contributed by atoms with E-state index in [0.717, 1.165) is 25.7 Å². The normalized spacial score (nSPS) is 21.7. The number of carbonyl (C=O) groups is 2. The van der Waals surface area contributed by atoms with Crippen LogP contribution in [0.2, 0.25) is 0 Å². The standard InChI is InChI=1S/C18H24N2O5S/c21-17(20-10-4-6-14(12-20)18(22)23)13-5-3-9-16(11-13)26(24,25)19-15-7-1-2-8-15/h3,5,9,11,14-15,19H,1-2,4,6-8,10,12H2,(H,22,23). The van der Waals surface area contributed by atoms with Crippen LogP contribution in [0, 0.1) is 5.92 Å². The molecule has 3 rings (SSSR count). The lowest BCUT2D eigenvalue weighted by molar-refractivity contribution is -0.143. The van der Waals surface area contributed by atoms with Crippen LogP contribution >= 0.6 is 0 Å². The quantitative estimate of drug-likeness (QED) is 0.811. The molecule has 26 heavy (non-hydrogen) atoms. The Labute approximate surface area is 153 Å². The van der Waals surface area contributed by atoms with E-state index >= 15 is 0 Å². The maximum atomic E-state index is 12.7. The second-order valence-electron chi connectivity index (χ2n) is 7.06. The van der Waals surface area contributed by atoms with Gasteiger partial charge in [0, 0.05) is 24.7 Å². The van der Waals surface area contributed by atoms with Gasteiger partial charge in [-0.1, -0.05) is 18.9 Å². The molecule has 1 aliphatic carbocycles. The average Bonchev–Trinajstić information content (AvgIpc) is 3.13. The fourth-order valence-electron chi connectivity index (χ4n) is 3.67. The SMILES string of the molecule is O=C(O)C1CCCN(C(=O)c2cccc(S(=O)(=O)NC3CCCC3)c2)C1. The predicted octanol–water partition coefficient (Wildman–Crippen LogP) is 1.84. The second-order valence-corrected chi connectivity index (χ2v) is 8.77. The molecular weight excluding hydrogens is 356 g/mol. The van der Waals surface area contributed by atoms with Crippen molar-refractivity contribution in [2.75, 3.05) is 13.1 Å². The highest BCUT2D eigenvalue weighted by Crippen LogP contribution is 2.22. The third kappa shape index (κ3) is 4.24. The second kappa shape index (κ2) is 7.75. The Morgan fingerprint density at radius 3 is 2.54 bits per heavy atom. The molecule has 1 amide bonds. The first kappa shape index (κ1) is 18.8. The van der Waals surface area contributed by atoms with Crippen molar-refractivity contribution in [1.82, 2.24) is 9.62 Å². The first-order chi connectivity index (χ1) is 12.4. The van der Waals surface area contributed by atoms with E-state index in [1.54, 1.807) is 12.1 Å². The van der Waals surface area contributed by atoms with Gasteiger partial charge in [-0.25, -0.2) is 13.1 Å². The van der Waals surface area contributed by atoms with Gasteiger partial charge in [0.05, 0.1) is 10.8 Å².